The number of amides is 1. The second-order valence-electron chi connectivity index (χ2n) is 6.02. The molecular weight excluding hydrogens is 396 g/mol. The SMILES string of the molecule is COc1ccc(NC(=O)CSc2nnc(-c3ccc(C)cc3)n2N)c([N+](=O)[O-])c1. The smallest absolute Gasteiger partial charge is 0.296 e. The minimum absolute atomic E-state index is 0.0492. The summed E-state index contributed by atoms with van der Waals surface area (Å²) in [6.07, 6.45) is 0. The number of thioether (sulfide) groups is 1. The van der Waals surface area contributed by atoms with Gasteiger partial charge in [0.15, 0.2) is 5.82 Å². The Kier molecular flexibility index (Phi) is 5.98. The fourth-order valence-corrected chi connectivity index (χ4v) is 3.14. The van der Waals surface area contributed by atoms with E-state index in [4.69, 9.17) is 10.6 Å². The lowest BCUT2D eigenvalue weighted by Crippen LogP contribution is -2.17. The molecule has 3 aromatic rings. The van der Waals surface area contributed by atoms with Crippen molar-refractivity contribution in [3.05, 3.63) is 58.1 Å². The molecule has 0 atom stereocenters. The number of carbonyl (C=O) groups is 1. The molecule has 0 unspecified atom stereocenters. The molecule has 0 saturated heterocycles. The van der Waals surface area contributed by atoms with Crippen molar-refractivity contribution < 1.29 is 14.5 Å². The number of benzene rings is 2. The van der Waals surface area contributed by atoms with E-state index < -0.39 is 10.8 Å². The number of hydrogen-bond acceptors (Lipinski definition) is 8. The Morgan fingerprint density at radius 2 is 2.00 bits per heavy atom. The van der Waals surface area contributed by atoms with Gasteiger partial charge >= 0.3 is 0 Å². The molecule has 11 heteroatoms. The Morgan fingerprint density at radius 1 is 1.28 bits per heavy atom. The van der Waals surface area contributed by atoms with Gasteiger partial charge in [0.2, 0.25) is 11.1 Å². The topological polar surface area (TPSA) is 138 Å². The molecule has 0 aliphatic carbocycles. The Labute approximate surface area is 170 Å². The maximum absolute atomic E-state index is 12.3. The Balaban J connectivity index is 1.67. The van der Waals surface area contributed by atoms with E-state index in [1.165, 1.54) is 30.0 Å². The van der Waals surface area contributed by atoms with E-state index in [1.54, 1.807) is 0 Å². The zero-order chi connectivity index (χ0) is 21.0. The average molecular weight is 414 g/mol. The number of ether oxygens (including phenoxy) is 1. The van der Waals surface area contributed by atoms with Crippen LogP contribution in [0, 0.1) is 17.0 Å². The number of methoxy groups -OCH3 is 1. The largest absolute Gasteiger partial charge is 0.496 e. The van der Waals surface area contributed by atoms with E-state index in [0.29, 0.717) is 16.7 Å². The molecule has 3 rings (SSSR count). The van der Waals surface area contributed by atoms with Gasteiger partial charge in [0, 0.05) is 5.56 Å². The molecule has 29 heavy (non-hydrogen) atoms. The van der Waals surface area contributed by atoms with Gasteiger partial charge in [0.1, 0.15) is 11.4 Å². The Hall–Kier alpha value is -3.60. The maximum Gasteiger partial charge on any atom is 0.296 e. The number of nitrogens with zero attached hydrogens (tertiary/aromatic N) is 4. The summed E-state index contributed by atoms with van der Waals surface area (Å²) >= 11 is 1.07. The summed E-state index contributed by atoms with van der Waals surface area (Å²) in [6, 6.07) is 11.8. The number of nitro benzene ring substituents is 1. The number of nitro groups is 1. The third kappa shape index (κ3) is 4.63. The molecule has 0 bridgehead atoms. The van der Waals surface area contributed by atoms with Crippen LogP contribution in [0.5, 0.6) is 5.75 Å². The molecule has 0 radical (unpaired) electrons. The predicted molar refractivity (Wildman–Crippen MR) is 109 cm³/mol. The first kappa shape index (κ1) is 20.1. The first-order valence-corrected chi connectivity index (χ1v) is 9.40. The molecule has 0 aliphatic rings. The quantitative estimate of drug-likeness (QED) is 0.260. The predicted octanol–water partition coefficient (Wildman–Crippen LogP) is 2.61. The molecule has 3 N–H and O–H groups in total. The fourth-order valence-electron chi connectivity index (χ4n) is 2.49. The van der Waals surface area contributed by atoms with Gasteiger partial charge < -0.3 is 15.9 Å². The summed E-state index contributed by atoms with van der Waals surface area (Å²) in [5.41, 5.74) is 1.73. The summed E-state index contributed by atoms with van der Waals surface area (Å²) in [5.74, 6) is 6.35. The van der Waals surface area contributed by atoms with Crippen LogP contribution in [-0.4, -0.2) is 38.6 Å². The van der Waals surface area contributed by atoms with Crippen LogP contribution < -0.4 is 15.9 Å². The Morgan fingerprint density at radius 3 is 2.66 bits per heavy atom. The zero-order valence-electron chi connectivity index (χ0n) is 15.7. The lowest BCUT2D eigenvalue weighted by atomic mass is 10.1. The van der Waals surface area contributed by atoms with Crippen molar-refractivity contribution in [1.29, 1.82) is 0 Å². The number of carbonyl (C=O) groups excluding carboxylic acids is 1. The van der Waals surface area contributed by atoms with E-state index in [9.17, 15) is 14.9 Å². The molecule has 1 aromatic heterocycles. The standard InChI is InChI=1S/C18H18N6O4S/c1-11-3-5-12(6-4-11)17-21-22-18(23(17)19)29-10-16(25)20-14-8-7-13(28-2)9-15(14)24(26)27/h3-9H,10,19H2,1-2H3,(H,20,25). The first-order chi connectivity index (χ1) is 13.9. The van der Waals surface area contributed by atoms with Crippen LogP contribution >= 0.6 is 11.8 Å². The third-order valence-electron chi connectivity index (χ3n) is 3.98. The van der Waals surface area contributed by atoms with E-state index in [1.807, 2.05) is 31.2 Å². The number of nitrogens with one attached hydrogen (secondary N) is 1. The number of aromatic nitrogens is 3. The molecule has 1 amide bonds. The van der Waals surface area contributed by atoms with Gasteiger partial charge in [0.05, 0.1) is 23.9 Å². The van der Waals surface area contributed by atoms with Crippen molar-refractivity contribution in [3.63, 3.8) is 0 Å². The van der Waals surface area contributed by atoms with Gasteiger partial charge in [-0.3, -0.25) is 14.9 Å². The number of rotatable bonds is 7. The summed E-state index contributed by atoms with van der Waals surface area (Å²) in [4.78, 5) is 22.9. The minimum atomic E-state index is -0.588. The molecule has 0 aliphatic heterocycles. The van der Waals surface area contributed by atoms with Crippen LogP contribution in [0.1, 0.15) is 5.56 Å². The lowest BCUT2D eigenvalue weighted by Gasteiger charge is -2.07. The van der Waals surface area contributed by atoms with Crippen LogP contribution in [0.15, 0.2) is 47.6 Å². The number of anilines is 1. The zero-order valence-corrected chi connectivity index (χ0v) is 16.5. The average Bonchev–Trinajstić information content (AvgIpc) is 3.07. The maximum atomic E-state index is 12.3. The molecule has 2 aromatic carbocycles. The van der Waals surface area contributed by atoms with E-state index in [-0.39, 0.29) is 17.1 Å². The van der Waals surface area contributed by atoms with Crippen LogP contribution in [0.2, 0.25) is 0 Å². The minimum Gasteiger partial charge on any atom is -0.496 e. The Bertz CT molecular complexity index is 1050. The van der Waals surface area contributed by atoms with E-state index >= 15 is 0 Å². The first-order valence-electron chi connectivity index (χ1n) is 8.41. The van der Waals surface area contributed by atoms with Crippen molar-refractivity contribution >= 4 is 29.0 Å². The normalized spacial score (nSPS) is 10.6. The third-order valence-corrected chi connectivity index (χ3v) is 4.93. The van der Waals surface area contributed by atoms with Gasteiger partial charge in [0.25, 0.3) is 5.69 Å². The number of aryl methyl sites for hydroxylation is 1. The summed E-state index contributed by atoms with van der Waals surface area (Å²) in [5, 5.41) is 22.2. The van der Waals surface area contributed by atoms with Crippen molar-refractivity contribution in [2.75, 3.05) is 24.0 Å². The highest BCUT2D eigenvalue weighted by Crippen LogP contribution is 2.29. The van der Waals surface area contributed by atoms with Crippen LogP contribution in [0.25, 0.3) is 11.4 Å². The number of hydrogen-bond donors (Lipinski definition) is 2. The summed E-state index contributed by atoms with van der Waals surface area (Å²) in [6.45, 7) is 1.98. The molecular formula is C18H18N6O4S. The van der Waals surface area contributed by atoms with Crippen LogP contribution in [-0.2, 0) is 4.79 Å². The monoisotopic (exact) mass is 414 g/mol. The highest BCUT2D eigenvalue weighted by atomic mass is 32.2. The highest BCUT2D eigenvalue weighted by Gasteiger charge is 2.18. The van der Waals surface area contributed by atoms with Gasteiger partial charge in [-0.15, -0.1) is 10.2 Å². The summed E-state index contributed by atoms with van der Waals surface area (Å²) < 4.78 is 6.28. The lowest BCUT2D eigenvalue weighted by molar-refractivity contribution is -0.384. The van der Waals surface area contributed by atoms with Crippen molar-refractivity contribution in [1.82, 2.24) is 14.9 Å². The second kappa shape index (κ2) is 8.61. The number of nitrogen functional groups attached to an aromatic ring is 1. The van der Waals surface area contributed by atoms with Crippen molar-refractivity contribution in [2.45, 2.75) is 12.1 Å². The molecule has 150 valence electrons. The van der Waals surface area contributed by atoms with Crippen molar-refractivity contribution in [3.8, 4) is 17.1 Å². The summed E-state index contributed by atoms with van der Waals surface area (Å²) in [7, 11) is 1.40. The second-order valence-corrected chi connectivity index (χ2v) is 6.96. The molecule has 10 nitrogen and oxygen atoms in total. The van der Waals surface area contributed by atoms with Gasteiger partial charge in [-0.05, 0) is 19.1 Å². The fraction of sp³-hybridized carbons (Fsp3) is 0.167. The molecule has 0 spiro atoms. The van der Waals surface area contributed by atoms with Gasteiger partial charge in [-0.2, -0.15) is 0 Å². The van der Waals surface area contributed by atoms with Crippen LogP contribution in [0.4, 0.5) is 11.4 Å². The van der Waals surface area contributed by atoms with Crippen molar-refractivity contribution in [2.24, 2.45) is 0 Å². The molecule has 0 fully saturated rings. The van der Waals surface area contributed by atoms with Crippen LogP contribution in [0.3, 0.4) is 0 Å². The molecule has 0 saturated carbocycles. The van der Waals surface area contributed by atoms with E-state index in [2.05, 4.69) is 15.5 Å². The highest BCUT2D eigenvalue weighted by molar-refractivity contribution is 7.99. The van der Waals surface area contributed by atoms with E-state index in [0.717, 1.165) is 22.9 Å². The van der Waals surface area contributed by atoms with Gasteiger partial charge in [-0.1, -0.05) is 41.6 Å². The van der Waals surface area contributed by atoms with Gasteiger partial charge in [-0.25, -0.2) is 4.68 Å². The number of nitrogens with two attached hydrogens (primary N) is 1. The molecule has 1 heterocycles.